The first-order chi connectivity index (χ1) is 10.2. The minimum Gasteiger partial charge on any atom is -0.489 e. The molecule has 4 nitrogen and oxygen atoms in total. The smallest absolute Gasteiger partial charge is 0.195 e. The van der Waals surface area contributed by atoms with Crippen LogP contribution in [0.5, 0.6) is 5.75 Å². The molecule has 21 heavy (non-hydrogen) atoms. The molecule has 0 radical (unpaired) electrons. The highest BCUT2D eigenvalue weighted by atomic mass is 19.1. The summed E-state index contributed by atoms with van der Waals surface area (Å²) in [5, 5.41) is 0. The van der Waals surface area contributed by atoms with Crippen LogP contribution in [0.3, 0.4) is 0 Å². The highest BCUT2D eigenvalue weighted by Gasteiger charge is 2.10. The van der Waals surface area contributed by atoms with E-state index in [1.807, 2.05) is 13.0 Å². The molecule has 114 valence electrons. The number of halogens is 1. The number of hydrogen-bond acceptors (Lipinski definition) is 4. The summed E-state index contributed by atoms with van der Waals surface area (Å²) in [6.45, 7) is 4.33. The lowest BCUT2D eigenvalue weighted by Gasteiger charge is -2.09. The van der Waals surface area contributed by atoms with Gasteiger partial charge < -0.3 is 14.9 Å². The van der Waals surface area contributed by atoms with Crippen molar-refractivity contribution in [2.75, 3.05) is 13.2 Å². The predicted octanol–water partition coefficient (Wildman–Crippen LogP) is 3.67. The number of ether oxygens (including phenoxy) is 1. The van der Waals surface area contributed by atoms with E-state index in [0.29, 0.717) is 23.2 Å². The molecule has 0 fully saturated rings. The zero-order valence-electron chi connectivity index (χ0n) is 12.5. The first-order valence-electron chi connectivity index (χ1n) is 7.19. The Kier molecular flexibility index (Phi) is 5.33. The topological polar surface area (TPSA) is 61.3 Å². The number of hydrogen-bond donors (Lipinski definition) is 1. The van der Waals surface area contributed by atoms with E-state index in [4.69, 9.17) is 14.9 Å². The van der Waals surface area contributed by atoms with E-state index in [2.05, 4.69) is 11.9 Å². The Bertz CT molecular complexity index is 634. The van der Waals surface area contributed by atoms with Gasteiger partial charge in [0.15, 0.2) is 11.5 Å². The molecule has 1 aromatic carbocycles. The third kappa shape index (κ3) is 3.82. The molecule has 0 unspecified atom stereocenters. The number of fused-ring (bicyclic) bond motifs is 1. The van der Waals surface area contributed by atoms with E-state index in [1.54, 1.807) is 6.07 Å². The zero-order chi connectivity index (χ0) is 15.2. The fourth-order valence-corrected chi connectivity index (χ4v) is 2.00. The molecule has 0 aliphatic heterocycles. The van der Waals surface area contributed by atoms with Crippen molar-refractivity contribution in [2.24, 2.45) is 5.73 Å². The van der Waals surface area contributed by atoms with Gasteiger partial charge >= 0.3 is 0 Å². The molecule has 0 saturated carbocycles. The molecule has 0 bridgehead atoms. The van der Waals surface area contributed by atoms with Crippen LogP contribution in [-0.4, -0.2) is 18.1 Å². The van der Waals surface area contributed by atoms with Crippen LogP contribution in [0.1, 0.15) is 31.2 Å². The highest BCUT2D eigenvalue weighted by molar-refractivity contribution is 5.76. The minimum atomic E-state index is 0.135. The maximum absolute atomic E-state index is 12.5. The molecule has 1 heterocycles. The van der Waals surface area contributed by atoms with Gasteiger partial charge in [0.1, 0.15) is 17.9 Å². The largest absolute Gasteiger partial charge is 0.489 e. The Labute approximate surface area is 123 Å². The first-order valence-corrected chi connectivity index (χ1v) is 7.19. The van der Waals surface area contributed by atoms with Crippen molar-refractivity contribution in [1.82, 2.24) is 4.98 Å². The summed E-state index contributed by atoms with van der Waals surface area (Å²) in [6, 6.07) is 3.73. The quantitative estimate of drug-likeness (QED) is 0.845. The second-order valence-corrected chi connectivity index (χ2v) is 5.06. The van der Waals surface area contributed by atoms with Crippen LogP contribution in [-0.2, 0) is 6.42 Å². The summed E-state index contributed by atoms with van der Waals surface area (Å²) in [5.74, 6) is 1.41. The number of aryl methyl sites for hydroxylation is 2. The molecule has 0 aliphatic carbocycles. The van der Waals surface area contributed by atoms with E-state index in [9.17, 15) is 4.39 Å². The van der Waals surface area contributed by atoms with Crippen molar-refractivity contribution in [3.8, 4) is 5.75 Å². The number of nitrogens with zero attached hydrogens (tertiary/aromatic N) is 1. The summed E-state index contributed by atoms with van der Waals surface area (Å²) < 4.78 is 23.8. The van der Waals surface area contributed by atoms with Crippen molar-refractivity contribution >= 4 is 11.1 Å². The molecule has 0 saturated heterocycles. The minimum absolute atomic E-state index is 0.135. The van der Waals surface area contributed by atoms with Gasteiger partial charge in [-0.1, -0.05) is 13.3 Å². The van der Waals surface area contributed by atoms with Crippen LogP contribution in [0, 0.1) is 6.92 Å². The SMILES string of the molecule is CCCCc1nc2cc(C)c(OC/C(=C/F)CN)cc2o1. The highest BCUT2D eigenvalue weighted by Crippen LogP contribution is 2.26. The van der Waals surface area contributed by atoms with Crippen molar-refractivity contribution < 1.29 is 13.5 Å². The molecular weight excluding hydrogens is 271 g/mol. The molecule has 0 atom stereocenters. The first kappa shape index (κ1) is 15.5. The normalized spacial score (nSPS) is 12.1. The molecule has 0 amide bonds. The van der Waals surface area contributed by atoms with Gasteiger partial charge in [0, 0.05) is 24.6 Å². The van der Waals surface area contributed by atoms with Crippen molar-refractivity contribution in [1.29, 1.82) is 0 Å². The van der Waals surface area contributed by atoms with Crippen LogP contribution in [0.25, 0.3) is 11.1 Å². The fraction of sp³-hybridized carbons (Fsp3) is 0.438. The van der Waals surface area contributed by atoms with Gasteiger partial charge in [0.25, 0.3) is 0 Å². The third-order valence-corrected chi connectivity index (χ3v) is 3.30. The monoisotopic (exact) mass is 292 g/mol. The van der Waals surface area contributed by atoms with Gasteiger partial charge in [-0.3, -0.25) is 0 Å². The van der Waals surface area contributed by atoms with Crippen LogP contribution in [0.2, 0.25) is 0 Å². The number of benzene rings is 1. The zero-order valence-corrected chi connectivity index (χ0v) is 12.5. The van der Waals surface area contributed by atoms with Gasteiger partial charge in [-0.25, -0.2) is 9.37 Å². The molecule has 1 aromatic heterocycles. The summed E-state index contributed by atoms with van der Waals surface area (Å²) >= 11 is 0. The van der Waals surface area contributed by atoms with Crippen molar-refractivity contribution in [3.05, 3.63) is 35.5 Å². The van der Waals surface area contributed by atoms with E-state index >= 15 is 0 Å². The van der Waals surface area contributed by atoms with Gasteiger partial charge in [-0.2, -0.15) is 0 Å². The molecule has 0 spiro atoms. The summed E-state index contributed by atoms with van der Waals surface area (Å²) in [4.78, 5) is 4.47. The van der Waals surface area contributed by atoms with Gasteiger partial charge in [0.05, 0.1) is 6.33 Å². The number of unbranched alkanes of at least 4 members (excludes halogenated alkanes) is 1. The van der Waals surface area contributed by atoms with E-state index in [1.165, 1.54) is 0 Å². The Balaban J connectivity index is 2.18. The lowest BCUT2D eigenvalue weighted by Crippen LogP contribution is -2.11. The van der Waals surface area contributed by atoms with Crippen LogP contribution < -0.4 is 10.5 Å². The van der Waals surface area contributed by atoms with E-state index in [-0.39, 0.29) is 13.2 Å². The van der Waals surface area contributed by atoms with Gasteiger partial charge in [-0.05, 0) is 25.0 Å². The number of oxazole rings is 1. The average Bonchev–Trinajstić information content (AvgIpc) is 2.87. The Hall–Kier alpha value is -1.88. The molecule has 2 aromatic rings. The van der Waals surface area contributed by atoms with Crippen LogP contribution >= 0.6 is 0 Å². The molecule has 5 heteroatoms. The van der Waals surface area contributed by atoms with E-state index in [0.717, 1.165) is 36.2 Å². The Morgan fingerprint density at radius 3 is 2.95 bits per heavy atom. The van der Waals surface area contributed by atoms with Crippen molar-refractivity contribution in [2.45, 2.75) is 33.1 Å². The second kappa shape index (κ2) is 7.22. The summed E-state index contributed by atoms with van der Waals surface area (Å²) in [5.41, 5.74) is 8.28. The van der Waals surface area contributed by atoms with Crippen molar-refractivity contribution in [3.63, 3.8) is 0 Å². The average molecular weight is 292 g/mol. The lowest BCUT2D eigenvalue weighted by atomic mass is 10.2. The standard InChI is InChI=1S/C16H21FN2O2/c1-3-4-5-16-19-13-6-11(2)14(7-15(13)21-16)20-10-12(8-17)9-18/h6-8H,3-5,9-10,18H2,1-2H3/b12-8+. The summed E-state index contributed by atoms with van der Waals surface area (Å²) in [6.07, 6.45) is 3.48. The predicted molar refractivity (Wildman–Crippen MR) is 81.1 cm³/mol. The number of nitrogens with two attached hydrogens (primary N) is 1. The van der Waals surface area contributed by atoms with Crippen LogP contribution in [0.4, 0.5) is 4.39 Å². The Morgan fingerprint density at radius 2 is 2.29 bits per heavy atom. The fourth-order valence-electron chi connectivity index (χ4n) is 2.00. The Morgan fingerprint density at radius 1 is 1.48 bits per heavy atom. The maximum atomic E-state index is 12.5. The van der Waals surface area contributed by atoms with Crippen LogP contribution in [0.15, 0.2) is 28.5 Å². The number of aromatic nitrogens is 1. The van der Waals surface area contributed by atoms with Gasteiger partial charge in [0.2, 0.25) is 0 Å². The molecule has 2 N–H and O–H groups in total. The number of rotatable bonds is 7. The van der Waals surface area contributed by atoms with E-state index < -0.39 is 0 Å². The second-order valence-electron chi connectivity index (χ2n) is 5.06. The maximum Gasteiger partial charge on any atom is 0.195 e. The third-order valence-electron chi connectivity index (χ3n) is 3.30. The molecule has 0 aliphatic rings. The molecular formula is C16H21FN2O2. The van der Waals surface area contributed by atoms with Gasteiger partial charge in [-0.15, -0.1) is 0 Å². The summed E-state index contributed by atoms with van der Waals surface area (Å²) in [7, 11) is 0. The lowest BCUT2D eigenvalue weighted by molar-refractivity contribution is 0.345. The molecule has 2 rings (SSSR count).